The second kappa shape index (κ2) is 8.81. The van der Waals surface area contributed by atoms with Crippen LogP contribution in [0.4, 0.5) is 0 Å². The highest BCUT2D eigenvalue weighted by Crippen LogP contribution is 2.30. The molecular formula is C20H26N2O3. The first-order chi connectivity index (χ1) is 12.2. The van der Waals surface area contributed by atoms with Crippen LogP contribution in [0.15, 0.2) is 53.8 Å². The Kier molecular flexibility index (Phi) is 6.23. The quantitative estimate of drug-likeness (QED) is 0.583. The minimum atomic E-state index is -0.211. The van der Waals surface area contributed by atoms with Crippen LogP contribution in [0.25, 0.3) is 0 Å². The van der Waals surface area contributed by atoms with E-state index in [1.165, 1.54) is 24.1 Å². The van der Waals surface area contributed by atoms with Crippen LogP contribution in [0.1, 0.15) is 37.2 Å². The summed E-state index contributed by atoms with van der Waals surface area (Å²) in [7, 11) is 0. The van der Waals surface area contributed by atoms with Crippen LogP contribution in [-0.4, -0.2) is 42.7 Å². The van der Waals surface area contributed by atoms with E-state index < -0.39 is 0 Å². The second-order valence-electron chi connectivity index (χ2n) is 6.66. The van der Waals surface area contributed by atoms with Crippen LogP contribution >= 0.6 is 0 Å². The molecule has 0 radical (unpaired) electrons. The molecule has 0 aromatic heterocycles. The van der Waals surface area contributed by atoms with Gasteiger partial charge in [0.15, 0.2) is 0 Å². The summed E-state index contributed by atoms with van der Waals surface area (Å²) in [5.41, 5.74) is 3.53. The maximum absolute atomic E-state index is 11.2. The molecule has 0 bridgehead atoms. The lowest BCUT2D eigenvalue weighted by atomic mass is 9.91. The van der Waals surface area contributed by atoms with Crippen molar-refractivity contribution in [1.82, 2.24) is 4.90 Å². The van der Waals surface area contributed by atoms with Gasteiger partial charge in [-0.1, -0.05) is 36.4 Å². The average Bonchev–Trinajstić information content (AvgIpc) is 2.67. The molecule has 5 nitrogen and oxygen atoms in total. The number of benzene rings is 1. The fraction of sp³-hybridized carbons (Fsp3) is 0.500. The van der Waals surface area contributed by atoms with Crippen molar-refractivity contribution in [3.8, 4) is 0 Å². The minimum absolute atomic E-state index is 0.0782. The van der Waals surface area contributed by atoms with Crippen molar-refractivity contribution >= 4 is 0 Å². The summed E-state index contributed by atoms with van der Waals surface area (Å²) < 4.78 is 5.49. The Bertz CT molecular complexity index is 634. The van der Waals surface area contributed by atoms with E-state index in [0.29, 0.717) is 0 Å². The third-order valence-electron chi connectivity index (χ3n) is 4.90. The van der Waals surface area contributed by atoms with Gasteiger partial charge >= 0.3 is 0 Å². The molecule has 1 heterocycles. The molecule has 2 aliphatic rings. The highest BCUT2D eigenvalue weighted by molar-refractivity contribution is 5.35. The zero-order chi connectivity index (χ0) is 17.5. The highest BCUT2D eigenvalue weighted by atomic mass is 16.6. The number of rotatable bonds is 6. The first kappa shape index (κ1) is 17.7. The summed E-state index contributed by atoms with van der Waals surface area (Å²) in [4.78, 5) is 13.4. The van der Waals surface area contributed by atoms with Gasteiger partial charge in [0, 0.05) is 23.7 Å². The van der Waals surface area contributed by atoms with E-state index in [9.17, 15) is 10.1 Å². The maximum Gasteiger partial charge on any atom is 0.214 e. The van der Waals surface area contributed by atoms with Crippen LogP contribution in [-0.2, 0) is 4.74 Å². The molecule has 25 heavy (non-hydrogen) atoms. The van der Waals surface area contributed by atoms with Crippen LogP contribution in [0, 0.1) is 10.1 Å². The average molecular weight is 342 g/mol. The third-order valence-corrected chi connectivity index (χ3v) is 4.90. The molecule has 1 aromatic rings. The third kappa shape index (κ3) is 4.92. The zero-order valence-corrected chi connectivity index (χ0v) is 14.6. The molecule has 1 saturated heterocycles. The van der Waals surface area contributed by atoms with Gasteiger partial charge in [0.1, 0.15) is 0 Å². The lowest BCUT2D eigenvalue weighted by Gasteiger charge is -2.34. The summed E-state index contributed by atoms with van der Waals surface area (Å²) in [5, 5.41) is 11.2. The highest BCUT2D eigenvalue weighted by Gasteiger charge is 2.23. The van der Waals surface area contributed by atoms with E-state index in [-0.39, 0.29) is 17.4 Å². The molecule has 5 heteroatoms. The first-order valence-electron chi connectivity index (χ1n) is 9.14. The normalized spacial score (nSPS) is 20.1. The van der Waals surface area contributed by atoms with Crippen molar-refractivity contribution in [3.63, 3.8) is 0 Å². The number of nitro groups is 1. The van der Waals surface area contributed by atoms with Gasteiger partial charge in [-0.3, -0.25) is 10.1 Å². The number of hydrogen-bond donors (Lipinski definition) is 0. The van der Waals surface area contributed by atoms with Gasteiger partial charge in [-0.25, -0.2) is 0 Å². The number of allylic oxidation sites excluding steroid dienone is 2. The molecule has 1 aliphatic heterocycles. The fourth-order valence-electron chi connectivity index (χ4n) is 3.60. The van der Waals surface area contributed by atoms with Gasteiger partial charge in [0.25, 0.3) is 0 Å². The Morgan fingerprint density at radius 1 is 1.24 bits per heavy atom. The molecule has 0 saturated carbocycles. The van der Waals surface area contributed by atoms with E-state index in [4.69, 9.17) is 4.74 Å². The predicted octanol–water partition coefficient (Wildman–Crippen LogP) is 3.76. The number of hydrogen-bond acceptors (Lipinski definition) is 4. The van der Waals surface area contributed by atoms with Gasteiger partial charge in [-0.15, -0.1) is 0 Å². The Balaban J connectivity index is 1.95. The van der Waals surface area contributed by atoms with E-state index in [2.05, 4.69) is 17.1 Å². The van der Waals surface area contributed by atoms with Gasteiger partial charge in [-0.05, 0) is 42.9 Å². The van der Waals surface area contributed by atoms with E-state index in [0.717, 1.165) is 44.7 Å². The summed E-state index contributed by atoms with van der Waals surface area (Å²) in [6.45, 7) is 3.06. The van der Waals surface area contributed by atoms with Gasteiger partial charge in [0.05, 0.1) is 19.1 Å². The zero-order valence-electron chi connectivity index (χ0n) is 14.6. The number of morpholine rings is 1. The lowest BCUT2D eigenvalue weighted by Crippen LogP contribution is -2.36. The monoisotopic (exact) mass is 342 g/mol. The standard InChI is InChI=1S/C20H26N2O3/c23-22(24)16-19(17-7-3-1-4-8-17)15-20(18-9-5-2-6-10-18)21-11-13-25-14-12-21/h1,3-4,7-9,15,19H,2,5-6,10-14,16H2. The van der Waals surface area contributed by atoms with E-state index in [1.54, 1.807) is 0 Å². The SMILES string of the molecule is O=[N+]([O-])CC(C=C(C1=CCCCC1)N1CCOCC1)c1ccccc1. The molecule has 0 spiro atoms. The summed E-state index contributed by atoms with van der Waals surface area (Å²) >= 11 is 0. The maximum atomic E-state index is 11.2. The first-order valence-corrected chi connectivity index (χ1v) is 9.14. The van der Waals surface area contributed by atoms with Crippen LogP contribution in [0.3, 0.4) is 0 Å². The topological polar surface area (TPSA) is 55.6 Å². The van der Waals surface area contributed by atoms with E-state index in [1.807, 2.05) is 30.3 Å². The molecule has 1 aliphatic carbocycles. The molecule has 3 rings (SSSR count). The number of ether oxygens (including phenoxy) is 1. The number of nitrogens with zero attached hydrogens (tertiary/aromatic N) is 2. The fourth-order valence-corrected chi connectivity index (χ4v) is 3.60. The van der Waals surface area contributed by atoms with Crippen LogP contribution in [0.2, 0.25) is 0 Å². The molecule has 0 N–H and O–H groups in total. The second-order valence-corrected chi connectivity index (χ2v) is 6.66. The van der Waals surface area contributed by atoms with Crippen molar-refractivity contribution in [3.05, 3.63) is 69.4 Å². The van der Waals surface area contributed by atoms with E-state index >= 15 is 0 Å². The lowest BCUT2D eigenvalue weighted by molar-refractivity contribution is -0.481. The van der Waals surface area contributed by atoms with Crippen molar-refractivity contribution in [2.24, 2.45) is 0 Å². The molecule has 0 amide bonds. The van der Waals surface area contributed by atoms with Crippen LogP contribution < -0.4 is 0 Å². The van der Waals surface area contributed by atoms with Crippen molar-refractivity contribution in [2.75, 3.05) is 32.8 Å². The van der Waals surface area contributed by atoms with Gasteiger partial charge in [0.2, 0.25) is 6.54 Å². The molecule has 1 unspecified atom stereocenters. The Morgan fingerprint density at radius 2 is 2.00 bits per heavy atom. The Hall–Kier alpha value is -2.14. The Morgan fingerprint density at radius 3 is 2.64 bits per heavy atom. The smallest absolute Gasteiger partial charge is 0.214 e. The molecule has 1 aromatic carbocycles. The molecule has 134 valence electrons. The minimum Gasteiger partial charge on any atom is -0.378 e. The molecular weight excluding hydrogens is 316 g/mol. The van der Waals surface area contributed by atoms with Crippen molar-refractivity contribution < 1.29 is 9.66 Å². The molecule has 1 atom stereocenters. The summed E-state index contributed by atoms with van der Waals surface area (Å²) in [6, 6.07) is 9.81. The summed E-state index contributed by atoms with van der Waals surface area (Å²) in [5.74, 6) is -0.211. The van der Waals surface area contributed by atoms with Crippen LogP contribution in [0.5, 0.6) is 0 Å². The largest absolute Gasteiger partial charge is 0.378 e. The van der Waals surface area contributed by atoms with Gasteiger partial charge in [-0.2, -0.15) is 0 Å². The Labute approximate surface area is 149 Å². The molecule has 1 fully saturated rings. The predicted molar refractivity (Wildman–Crippen MR) is 98.1 cm³/mol. The van der Waals surface area contributed by atoms with Gasteiger partial charge < -0.3 is 9.64 Å². The van der Waals surface area contributed by atoms with Crippen molar-refractivity contribution in [1.29, 1.82) is 0 Å². The van der Waals surface area contributed by atoms with Crippen molar-refractivity contribution in [2.45, 2.75) is 31.6 Å². The summed E-state index contributed by atoms with van der Waals surface area (Å²) in [6.07, 6.45) is 9.03.